The number of ether oxygens (including phenoxy) is 1. The predicted octanol–water partition coefficient (Wildman–Crippen LogP) is 0.948. The Kier molecular flexibility index (Phi) is 0.786. The van der Waals surface area contributed by atoms with Crippen molar-refractivity contribution in [1.29, 1.82) is 0 Å². The topological polar surface area (TPSA) is 12.5 Å². The quantitative estimate of drug-likeness (QED) is 0.460. The van der Waals surface area contributed by atoms with Crippen molar-refractivity contribution < 1.29 is 17.9 Å². The molecule has 1 atom stereocenters. The van der Waals surface area contributed by atoms with Gasteiger partial charge in [-0.2, -0.15) is 8.78 Å². The fraction of sp³-hybridized carbons (Fsp3) is 1.00. The molecule has 4 heteroatoms. The van der Waals surface area contributed by atoms with E-state index in [1.807, 2.05) is 0 Å². The molecule has 0 amide bonds. The van der Waals surface area contributed by atoms with Gasteiger partial charge in [-0.25, -0.2) is 4.39 Å². The van der Waals surface area contributed by atoms with Crippen LogP contribution in [0.2, 0.25) is 0 Å². The molecule has 1 saturated heterocycles. The largest absolute Gasteiger partial charge is 0.385 e. The van der Waals surface area contributed by atoms with Crippen LogP contribution in [0, 0.1) is 0 Å². The van der Waals surface area contributed by atoms with Crippen molar-refractivity contribution in [3.05, 3.63) is 0 Å². The van der Waals surface area contributed by atoms with Gasteiger partial charge in [-0.05, 0) is 0 Å². The highest BCUT2D eigenvalue weighted by Crippen LogP contribution is 2.39. The van der Waals surface area contributed by atoms with Gasteiger partial charge in [0, 0.05) is 0 Å². The molecule has 0 aromatic heterocycles. The molecule has 0 saturated carbocycles. The Balaban J connectivity index is 2.30. The Labute approximate surface area is 38.1 Å². The smallest absolute Gasteiger partial charge is 0.303 e. The van der Waals surface area contributed by atoms with Crippen molar-refractivity contribution in [2.45, 2.75) is 12.2 Å². The summed E-state index contributed by atoms with van der Waals surface area (Å²) in [7, 11) is 0. The van der Waals surface area contributed by atoms with Crippen molar-refractivity contribution >= 4 is 0 Å². The van der Waals surface area contributed by atoms with Gasteiger partial charge in [-0.1, -0.05) is 0 Å². The minimum atomic E-state index is -3.16. The van der Waals surface area contributed by atoms with E-state index < -0.39 is 18.9 Å². The first-order valence-electron chi connectivity index (χ1n) is 1.78. The van der Waals surface area contributed by atoms with E-state index in [0.29, 0.717) is 0 Å². The number of epoxide rings is 1. The molecule has 0 spiro atoms. The molecule has 0 bridgehead atoms. The van der Waals surface area contributed by atoms with Crippen LogP contribution in [0.15, 0.2) is 0 Å². The lowest BCUT2D eigenvalue weighted by atomic mass is 10.5. The van der Waals surface area contributed by atoms with E-state index >= 15 is 0 Å². The standard InChI is InChI=1S/C3H3F3O/c4-1-2-3(5,6)7-2/h2H,1H2. The first-order chi connectivity index (χ1) is 3.17. The van der Waals surface area contributed by atoms with Crippen LogP contribution < -0.4 is 0 Å². The van der Waals surface area contributed by atoms with E-state index in [9.17, 15) is 13.2 Å². The molecular formula is C3H3F3O. The predicted molar refractivity (Wildman–Crippen MR) is 15.8 cm³/mol. The summed E-state index contributed by atoms with van der Waals surface area (Å²) in [4.78, 5) is 0. The highest BCUT2D eigenvalue weighted by atomic mass is 19.3. The summed E-state index contributed by atoms with van der Waals surface area (Å²) in [6.45, 7) is -1.09. The lowest BCUT2D eigenvalue weighted by Crippen LogP contribution is -1.99. The summed E-state index contributed by atoms with van der Waals surface area (Å²) in [5.41, 5.74) is 0. The Bertz CT molecular complexity index is 82.2. The first kappa shape index (κ1) is 4.90. The van der Waals surface area contributed by atoms with Crippen LogP contribution in [0.5, 0.6) is 0 Å². The fourth-order valence-corrected chi connectivity index (χ4v) is 0.277. The van der Waals surface area contributed by atoms with Crippen molar-refractivity contribution in [3.63, 3.8) is 0 Å². The summed E-state index contributed by atoms with van der Waals surface area (Å²) in [6.07, 6.45) is -4.61. The lowest BCUT2D eigenvalue weighted by molar-refractivity contribution is 0.00130. The molecule has 1 aliphatic heterocycles. The van der Waals surface area contributed by atoms with E-state index in [0.717, 1.165) is 0 Å². The van der Waals surface area contributed by atoms with Gasteiger partial charge >= 0.3 is 6.11 Å². The Morgan fingerprint density at radius 1 is 1.57 bits per heavy atom. The average Bonchev–Trinajstić information content (AvgIpc) is 2.13. The zero-order valence-electron chi connectivity index (χ0n) is 3.33. The maximum atomic E-state index is 11.3. The number of rotatable bonds is 1. The van der Waals surface area contributed by atoms with Crippen LogP contribution in [0.1, 0.15) is 0 Å². The van der Waals surface area contributed by atoms with Crippen molar-refractivity contribution in [2.24, 2.45) is 0 Å². The monoisotopic (exact) mass is 112 g/mol. The average molecular weight is 112 g/mol. The van der Waals surface area contributed by atoms with Crippen LogP contribution in [0.3, 0.4) is 0 Å². The molecule has 42 valence electrons. The van der Waals surface area contributed by atoms with E-state index in [-0.39, 0.29) is 0 Å². The fourth-order valence-electron chi connectivity index (χ4n) is 0.277. The number of hydrogen-bond acceptors (Lipinski definition) is 1. The third-order valence-corrected chi connectivity index (χ3v) is 0.757. The van der Waals surface area contributed by atoms with Gasteiger partial charge in [0.2, 0.25) is 0 Å². The summed E-state index contributed by atoms with van der Waals surface area (Å²) in [5.74, 6) is 0. The molecule has 1 rings (SSSR count). The first-order valence-corrected chi connectivity index (χ1v) is 1.78. The van der Waals surface area contributed by atoms with Gasteiger partial charge in [0.1, 0.15) is 6.67 Å². The number of alkyl halides is 3. The van der Waals surface area contributed by atoms with Crippen molar-refractivity contribution in [1.82, 2.24) is 0 Å². The summed E-state index contributed by atoms with van der Waals surface area (Å²) >= 11 is 0. The van der Waals surface area contributed by atoms with Crippen molar-refractivity contribution in [3.8, 4) is 0 Å². The Hall–Kier alpha value is -0.250. The summed E-state index contributed by atoms with van der Waals surface area (Å²) in [6, 6.07) is 0. The third-order valence-electron chi connectivity index (χ3n) is 0.757. The SMILES string of the molecule is FCC1OC1(F)F. The highest BCUT2D eigenvalue weighted by Gasteiger charge is 2.59. The molecule has 1 nitrogen and oxygen atoms in total. The maximum Gasteiger partial charge on any atom is 0.385 e. The molecule has 0 aromatic rings. The highest BCUT2D eigenvalue weighted by molar-refractivity contribution is 4.82. The molecule has 7 heavy (non-hydrogen) atoms. The Morgan fingerprint density at radius 3 is 2.00 bits per heavy atom. The molecule has 0 radical (unpaired) electrons. The van der Waals surface area contributed by atoms with Crippen LogP contribution >= 0.6 is 0 Å². The second-order valence-corrected chi connectivity index (χ2v) is 1.32. The minimum absolute atomic E-state index is 1.09. The minimum Gasteiger partial charge on any atom is -0.303 e. The second-order valence-electron chi connectivity index (χ2n) is 1.32. The molecule has 0 aliphatic carbocycles. The van der Waals surface area contributed by atoms with E-state index in [2.05, 4.69) is 4.74 Å². The van der Waals surface area contributed by atoms with Crippen LogP contribution in [-0.2, 0) is 4.74 Å². The lowest BCUT2D eigenvalue weighted by Gasteiger charge is -1.77. The molecular weight excluding hydrogens is 109 g/mol. The third kappa shape index (κ3) is 0.700. The Morgan fingerprint density at radius 2 is 2.00 bits per heavy atom. The van der Waals surface area contributed by atoms with Crippen LogP contribution in [0.4, 0.5) is 13.2 Å². The zero-order chi connectivity index (χ0) is 5.49. The van der Waals surface area contributed by atoms with Gasteiger partial charge < -0.3 is 4.74 Å². The van der Waals surface area contributed by atoms with E-state index in [1.54, 1.807) is 0 Å². The number of hydrogen-bond donors (Lipinski definition) is 0. The van der Waals surface area contributed by atoms with Crippen molar-refractivity contribution in [2.75, 3.05) is 6.67 Å². The number of halogens is 3. The molecule has 0 N–H and O–H groups in total. The van der Waals surface area contributed by atoms with Gasteiger partial charge in [-0.3, -0.25) is 0 Å². The van der Waals surface area contributed by atoms with Crippen LogP contribution in [-0.4, -0.2) is 18.9 Å². The van der Waals surface area contributed by atoms with Gasteiger partial charge in [0.25, 0.3) is 0 Å². The van der Waals surface area contributed by atoms with Gasteiger partial charge in [0.05, 0.1) is 0 Å². The molecule has 1 fully saturated rings. The van der Waals surface area contributed by atoms with Crippen LogP contribution in [0.25, 0.3) is 0 Å². The summed E-state index contributed by atoms with van der Waals surface area (Å²) in [5, 5.41) is 0. The van der Waals surface area contributed by atoms with E-state index in [4.69, 9.17) is 0 Å². The zero-order valence-corrected chi connectivity index (χ0v) is 3.33. The van der Waals surface area contributed by atoms with E-state index in [1.165, 1.54) is 0 Å². The summed E-state index contributed by atoms with van der Waals surface area (Å²) < 4.78 is 37.3. The molecule has 1 heterocycles. The normalized spacial score (nSPS) is 35.6. The molecule has 1 aliphatic rings. The van der Waals surface area contributed by atoms with Gasteiger partial charge in [-0.15, -0.1) is 0 Å². The van der Waals surface area contributed by atoms with Gasteiger partial charge in [0.15, 0.2) is 6.10 Å². The second kappa shape index (κ2) is 1.12. The maximum absolute atomic E-state index is 11.3. The molecule has 1 unspecified atom stereocenters. The molecule has 0 aromatic carbocycles.